The van der Waals surface area contributed by atoms with Crippen molar-refractivity contribution in [1.29, 1.82) is 0 Å². The molecule has 6 atom stereocenters. The topological polar surface area (TPSA) is 65.5 Å². The van der Waals surface area contributed by atoms with Crippen molar-refractivity contribution in [3.05, 3.63) is 38.8 Å². The molecule has 1 aromatic carbocycles. The van der Waals surface area contributed by atoms with Gasteiger partial charge >= 0.3 is 0 Å². The second-order valence-corrected chi connectivity index (χ2v) is 13.7. The SMILES string of the molecule is C[C@H](C(=O)N1CCSCC1)[C@H]1CC[C@@]2(C)Cc3sc(Nc4c(Cl)cccc4Cl)nc3[C@@H](C)[C@@H]2[C@H]1O. The van der Waals surface area contributed by atoms with Crippen LogP contribution in [0.1, 0.15) is 50.1 Å². The van der Waals surface area contributed by atoms with Crippen LogP contribution in [-0.2, 0) is 11.2 Å². The molecule has 190 valence electrons. The molecule has 35 heavy (non-hydrogen) atoms. The lowest BCUT2D eigenvalue weighted by Gasteiger charge is -2.53. The van der Waals surface area contributed by atoms with Crippen LogP contribution in [0.5, 0.6) is 0 Å². The highest BCUT2D eigenvalue weighted by Crippen LogP contribution is 2.57. The summed E-state index contributed by atoms with van der Waals surface area (Å²) in [7, 11) is 0. The van der Waals surface area contributed by atoms with E-state index in [1.54, 1.807) is 11.3 Å². The van der Waals surface area contributed by atoms with E-state index in [0.717, 1.165) is 54.7 Å². The average Bonchev–Trinajstić information content (AvgIpc) is 3.23. The summed E-state index contributed by atoms with van der Waals surface area (Å²) in [6.45, 7) is 8.16. The number of amides is 1. The molecule has 9 heteroatoms. The molecule has 2 aliphatic carbocycles. The summed E-state index contributed by atoms with van der Waals surface area (Å²) in [5, 5.41) is 16.9. The molecule has 3 aliphatic rings. The molecule has 1 amide bonds. The second-order valence-electron chi connectivity index (χ2n) is 10.6. The third-order valence-electron chi connectivity index (χ3n) is 8.47. The monoisotopic (exact) mass is 553 g/mol. The van der Waals surface area contributed by atoms with Gasteiger partial charge in [0.1, 0.15) is 0 Å². The lowest BCUT2D eigenvalue weighted by Crippen LogP contribution is -2.54. The fourth-order valence-corrected chi connectivity index (χ4v) is 9.24. The van der Waals surface area contributed by atoms with Gasteiger partial charge in [-0.25, -0.2) is 4.98 Å². The number of thioether (sulfide) groups is 1. The quantitative estimate of drug-likeness (QED) is 0.454. The number of halogens is 2. The number of carbonyl (C=O) groups excluding carboxylic acids is 1. The number of nitrogens with one attached hydrogen (secondary N) is 1. The minimum atomic E-state index is -0.522. The van der Waals surface area contributed by atoms with Crippen molar-refractivity contribution in [2.24, 2.45) is 23.2 Å². The number of rotatable bonds is 4. The predicted molar refractivity (Wildman–Crippen MR) is 147 cm³/mol. The van der Waals surface area contributed by atoms with Crippen LogP contribution in [0.2, 0.25) is 10.0 Å². The Kier molecular flexibility index (Phi) is 7.37. The van der Waals surface area contributed by atoms with Crippen LogP contribution in [0.3, 0.4) is 0 Å². The van der Waals surface area contributed by atoms with E-state index in [1.165, 1.54) is 4.88 Å². The predicted octanol–water partition coefficient (Wildman–Crippen LogP) is 6.46. The second kappa shape index (κ2) is 10.1. The molecule has 1 saturated heterocycles. The van der Waals surface area contributed by atoms with Gasteiger partial charge in [0.25, 0.3) is 0 Å². The summed E-state index contributed by atoms with van der Waals surface area (Å²) >= 11 is 16.3. The van der Waals surface area contributed by atoms with Crippen LogP contribution in [-0.4, -0.2) is 51.6 Å². The molecule has 5 rings (SSSR count). The molecule has 0 unspecified atom stereocenters. The Hall–Kier alpha value is -0.990. The van der Waals surface area contributed by atoms with Crippen LogP contribution in [0, 0.1) is 23.2 Å². The third-order valence-corrected chi connectivity index (χ3v) is 11.0. The van der Waals surface area contributed by atoms with Gasteiger partial charge in [0.05, 0.1) is 27.5 Å². The molecule has 0 bridgehead atoms. The van der Waals surface area contributed by atoms with Gasteiger partial charge in [-0.3, -0.25) is 4.79 Å². The number of anilines is 2. The van der Waals surface area contributed by atoms with Crippen LogP contribution >= 0.6 is 46.3 Å². The molecule has 0 radical (unpaired) electrons. The minimum absolute atomic E-state index is 0.0152. The fraction of sp³-hybridized carbons (Fsp3) is 0.615. The number of carbonyl (C=O) groups is 1. The van der Waals surface area contributed by atoms with E-state index in [9.17, 15) is 9.90 Å². The Bertz CT molecular complexity index is 1090. The van der Waals surface area contributed by atoms with E-state index in [-0.39, 0.29) is 35.0 Å². The van der Waals surface area contributed by atoms with Gasteiger partial charge in [-0.05, 0) is 48.6 Å². The maximum Gasteiger partial charge on any atom is 0.225 e. The van der Waals surface area contributed by atoms with Crippen molar-refractivity contribution < 1.29 is 9.90 Å². The Morgan fingerprint density at radius 3 is 2.66 bits per heavy atom. The average molecular weight is 555 g/mol. The minimum Gasteiger partial charge on any atom is -0.392 e. The van der Waals surface area contributed by atoms with Gasteiger partial charge in [-0.2, -0.15) is 11.8 Å². The summed E-state index contributed by atoms with van der Waals surface area (Å²) in [4.78, 5) is 21.5. The fourth-order valence-electron chi connectivity index (χ4n) is 6.58. The van der Waals surface area contributed by atoms with E-state index in [2.05, 4.69) is 19.2 Å². The molecule has 5 nitrogen and oxygen atoms in total. The van der Waals surface area contributed by atoms with Gasteiger partial charge < -0.3 is 15.3 Å². The van der Waals surface area contributed by atoms with E-state index in [4.69, 9.17) is 28.2 Å². The number of benzene rings is 1. The zero-order chi connectivity index (χ0) is 24.9. The molecular weight excluding hydrogens is 521 g/mol. The number of fused-ring (bicyclic) bond motifs is 2. The van der Waals surface area contributed by atoms with Crippen LogP contribution < -0.4 is 5.32 Å². The summed E-state index contributed by atoms with van der Waals surface area (Å²) in [5.74, 6) is 2.21. The van der Waals surface area contributed by atoms with Crippen molar-refractivity contribution in [2.75, 3.05) is 29.9 Å². The van der Waals surface area contributed by atoms with Crippen LogP contribution in [0.25, 0.3) is 0 Å². The third kappa shape index (κ3) is 4.72. The van der Waals surface area contributed by atoms with E-state index in [0.29, 0.717) is 15.7 Å². The summed E-state index contributed by atoms with van der Waals surface area (Å²) in [6, 6.07) is 5.44. The van der Waals surface area contributed by atoms with E-state index >= 15 is 0 Å². The highest BCUT2D eigenvalue weighted by Gasteiger charge is 2.54. The molecule has 2 N–H and O–H groups in total. The van der Waals surface area contributed by atoms with Gasteiger partial charge in [0.2, 0.25) is 5.91 Å². The number of hydrogen-bond acceptors (Lipinski definition) is 6. The number of aromatic nitrogens is 1. The van der Waals surface area contributed by atoms with E-state index < -0.39 is 6.10 Å². The molecule has 2 heterocycles. The number of hydrogen-bond donors (Lipinski definition) is 2. The van der Waals surface area contributed by atoms with Crippen molar-refractivity contribution in [1.82, 2.24) is 9.88 Å². The maximum absolute atomic E-state index is 13.3. The molecular formula is C26H33Cl2N3O2S2. The number of para-hydroxylation sites is 1. The van der Waals surface area contributed by atoms with Gasteiger partial charge in [-0.15, -0.1) is 11.3 Å². The first kappa shape index (κ1) is 25.7. The standard InChI is InChI=1S/C26H33Cl2N3O2S2/c1-14(24(33)31-9-11-34-12-10-31)16-7-8-26(3)13-19-21(15(2)20(26)23(16)32)29-25(35-19)30-22-17(27)5-4-6-18(22)28/h4-6,14-16,20,23,32H,7-13H2,1-3H3,(H,29,30)/t14-,15-,16+,20+,23-,26-/m0/s1. The lowest BCUT2D eigenvalue weighted by molar-refractivity contribution is -0.144. The zero-order valence-corrected chi connectivity index (χ0v) is 23.5. The van der Waals surface area contributed by atoms with Crippen molar-refractivity contribution >= 4 is 63.0 Å². The molecule has 0 spiro atoms. The van der Waals surface area contributed by atoms with Crippen molar-refractivity contribution in [3.8, 4) is 0 Å². The first-order valence-electron chi connectivity index (χ1n) is 12.4. The first-order chi connectivity index (χ1) is 16.7. The van der Waals surface area contributed by atoms with E-state index in [1.807, 2.05) is 41.8 Å². The Labute approximate surface area is 226 Å². The molecule has 1 aromatic heterocycles. The number of aliphatic hydroxyl groups excluding tert-OH is 1. The largest absolute Gasteiger partial charge is 0.392 e. The molecule has 2 fully saturated rings. The van der Waals surface area contributed by atoms with Crippen LogP contribution in [0.15, 0.2) is 18.2 Å². The molecule has 1 saturated carbocycles. The zero-order valence-electron chi connectivity index (χ0n) is 20.4. The molecule has 2 aromatic rings. The number of aliphatic hydroxyl groups is 1. The molecule has 1 aliphatic heterocycles. The van der Waals surface area contributed by atoms with Crippen molar-refractivity contribution in [3.63, 3.8) is 0 Å². The van der Waals surface area contributed by atoms with Gasteiger partial charge in [-0.1, -0.05) is 50.0 Å². The van der Waals surface area contributed by atoms with Gasteiger partial charge in [0, 0.05) is 41.3 Å². The number of nitrogens with zero attached hydrogens (tertiary/aromatic N) is 2. The maximum atomic E-state index is 13.3. The Morgan fingerprint density at radius 2 is 1.97 bits per heavy atom. The summed E-state index contributed by atoms with van der Waals surface area (Å²) in [5.41, 5.74) is 1.70. The summed E-state index contributed by atoms with van der Waals surface area (Å²) < 4.78 is 0. The summed E-state index contributed by atoms with van der Waals surface area (Å²) in [6.07, 6.45) is 2.26. The van der Waals surface area contributed by atoms with Crippen molar-refractivity contribution in [2.45, 2.75) is 52.1 Å². The Balaban J connectivity index is 1.37. The first-order valence-corrected chi connectivity index (χ1v) is 15.2. The highest BCUT2D eigenvalue weighted by molar-refractivity contribution is 7.99. The Morgan fingerprint density at radius 1 is 1.29 bits per heavy atom. The normalized spacial score (nSPS) is 31.4. The van der Waals surface area contributed by atoms with Gasteiger partial charge in [0.15, 0.2) is 5.13 Å². The van der Waals surface area contributed by atoms with Crippen LogP contribution in [0.4, 0.5) is 10.8 Å². The number of thiazole rings is 1. The lowest BCUT2D eigenvalue weighted by atomic mass is 9.53. The smallest absolute Gasteiger partial charge is 0.225 e. The highest BCUT2D eigenvalue weighted by atomic mass is 35.5.